The molecule has 0 atom stereocenters. The Morgan fingerprint density at radius 1 is 1.21 bits per heavy atom. The van der Waals surface area contributed by atoms with Gasteiger partial charge in [-0.25, -0.2) is 4.98 Å². The second-order valence-corrected chi connectivity index (χ2v) is 6.20. The highest BCUT2D eigenvalue weighted by molar-refractivity contribution is 9.10. The molecule has 0 unspecified atom stereocenters. The third-order valence-corrected chi connectivity index (χ3v) is 4.52. The van der Waals surface area contributed by atoms with Crippen LogP contribution in [-0.2, 0) is 19.3 Å². The molecule has 4 rings (SSSR count). The average Bonchev–Trinajstić information content (AvgIpc) is 3.08. The van der Waals surface area contributed by atoms with Crippen LogP contribution in [0.3, 0.4) is 0 Å². The van der Waals surface area contributed by atoms with E-state index in [9.17, 15) is 13.2 Å². The van der Waals surface area contributed by atoms with E-state index < -0.39 is 12.0 Å². The molecule has 0 amide bonds. The van der Waals surface area contributed by atoms with Gasteiger partial charge < -0.3 is 9.47 Å². The second-order valence-electron chi connectivity index (χ2n) is 5.44. The molecule has 0 spiro atoms. The molecule has 0 radical (unpaired) electrons. The van der Waals surface area contributed by atoms with E-state index in [1.807, 2.05) is 16.2 Å². The average molecular weight is 402 g/mol. The Hall–Kier alpha value is -2.17. The van der Waals surface area contributed by atoms with Crippen LogP contribution in [0.25, 0.3) is 5.52 Å². The van der Waals surface area contributed by atoms with E-state index in [2.05, 4.69) is 36.1 Å². The number of nitrogens with zero attached hydrogens (tertiary/aromatic N) is 7. The minimum absolute atomic E-state index is 0.147. The van der Waals surface area contributed by atoms with Crippen LogP contribution < -0.4 is 4.90 Å². The zero-order valence-electron chi connectivity index (χ0n) is 12.4. The number of aromatic nitrogens is 6. The summed E-state index contributed by atoms with van der Waals surface area (Å²) in [5.41, 5.74) is 1.64. The zero-order chi connectivity index (χ0) is 17.1. The van der Waals surface area contributed by atoms with Crippen LogP contribution in [0.5, 0.6) is 0 Å². The standard InChI is InChI=1S/C13H11BrF3N7/c1-7-9-10(14)19-12(24(9)3-2-18-7)22-4-5-23-8(6-22)20-21-11(23)13(15,16)17/h2-3H,4-6H2,1H3. The highest BCUT2D eigenvalue weighted by Crippen LogP contribution is 2.31. The number of imidazole rings is 1. The molecule has 0 aromatic carbocycles. The number of rotatable bonds is 1. The first-order valence-electron chi connectivity index (χ1n) is 7.09. The van der Waals surface area contributed by atoms with E-state index in [1.165, 1.54) is 0 Å². The predicted molar refractivity (Wildman–Crippen MR) is 81.5 cm³/mol. The molecule has 0 fully saturated rings. The quantitative estimate of drug-likeness (QED) is 0.626. The molecule has 0 saturated heterocycles. The van der Waals surface area contributed by atoms with Gasteiger partial charge >= 0.3 is 6.18 Å². The fourth-order valence-electron chi connectivity index (χ4n) is 2.89. The predicted octanol–water partition coefficient (Wildman–Crippen LogP) is 2.43. The number of alkyl halides is 3. The lowest BCUT2D eigenvalue weighted by atomic mass is 10.3. The van der Waals surface area contributed by atoms with Crippen molar-refractivity contribution in [2.24, 2.45) is 0 Å². The first-order chi connectivity index (χ1) is 11.4. The van der Waals surface area contributed by atoms with E-state index in [0.717, 1.165) is 15.8 Å². The number of halogens is 4. The molecule has 0 bridgehead atoms. The molecule has 0 aliphatic carbocycles. The fourth-order valence-corrected chi connectivity index (χ4v) is 3.53. The summed E-state index contributed by atoms with van der Waals surface area (Å²) in [6.45, 7) is 2.60. The van der Waals surface area contributed by atoms with Crippen LogP contribution in [-0.4, -0.2) is 35.7 Å². The lowest BCUT2D eigenvalue weighted by Crippen LogP contribution is -2.36. The highest BCUT2D eigenvalue weighted by Gasteiger charge is 2.39. The van der Waals surface area contributed by atoms with Gasteiger partial charge in [-0.15, -0.1) is 10.2 Å². The summed E-state index contributed by atoms with van der Waals surface area (Å²) in [5.74, 6) is -0.0521. The van der Waals surface area contributed by atoms with Crippen LogP contribution in [0.2, 0.25) is 0 Å². The lowest BCUT2D eigenvalue weighted by molar-refractivity contribution is -0.147. The first-order valence-corrected chi connectivity index (χ1v) is 7.89. The van der Waals surface area contributed by atoms with Gasteiger partial charge in [0.1, 0.15) is 10.1 Å². The van der Waals surface area contributed by atoms with Crippen molar-refractivity contribution in [3.05, 3.63) is 34.3 Å². The summed E-state index contributed by atoms with van der Waals surface area (Å²) in [6.07, 6.45) is -1.07. The maximum Gasteiger partial charge on any atom is 0.451 e. The van der Waals surface area contributed by atoms with Gasteiger partial charge in [-0.1, -0.05) is 0 Å². The molecule has 3 aromatic heterocycles. The Balaban J connectivity index is 1.74. The molecule has 1 aliphatic rings. The molecule has 126 valence electrons. The number of fused-ring (bicyclic) bond motifs is 2. The summed E-state index contributed by atoms with van der Waals surface area (Å²) in [4.78, 5) is 10.6. The van der Waals surface area contributed by atoms with Gasteiger partial charge in [0.25, 0.3) is 0 Å². The SMILES string of the molecule is Cc1nccn2c(N3CCn4c(nnc4C(F)(F)F)C3)nc(Br)c12. The lowest BCUT2D eigenvalue weighted by Gasteiger charge is -2.28. The maximum absolute atomic E-state index is 12.9. The highest BCUT2D eigenvalue weighted by atomic mass is 79.9. The van der Waals surface area contributed by atoms with Gasteiger partial charge in [0.05, 0.1) is 12.2 Å². The normalized spacial score (nSPS) is 15.1. The summed E-state index contributed by atoms with van der Waals surface area (Å²) in [6, 6.07) is 0. The Morgan fingerprint density at radius 2 is 2.00 bits per heavy atom. The summed E-state index contributed by atoms with van der Waals surface area (Å²) >= 11 is 3.42. The smallest absolute Gasteiger partial charge is 0.333 e. The molecule has 24 heavy (non-hydrogen) atoms. The van der Waals surface area contributed by atoms with Crippen LogP contribution in [0.1, 0.15) is 17.3 Å². The molecule has 11 heteroatoms. The van der Waals surface area contributed by atoms with Gasteiger partial charge in [-0.05, 0) is 22.9 Å². The molecular weight excluding hydrogens is 391 g/mol. The van der Waals surface area contributed by atoms with Crippen molar-refractivity contribution < 1.29 is 13.2 Å². The maximum atomic E-state index is 12.9. The van der Waals surface area contributed by atoms with Crippen molar-refractivity contribution in [3.8, 4) is 0 Å². The third-order valence-electron chi connectivity index (χ3n) is 3.97. The van der Waals surface area contributed by atoms with Gasteiger partial charge in [0.2, 0.25) is 11.8 Å². The van der Waals surface area contributed by atoms with E-state index >= 15 is 0 Å². The van der Waals surface area contributed by atoms with E-state index in [1.54, 1.807) is 12.4 Å². The first kappa shape index (κ1) is 15.4. The molecule has 4 heterocycles. The minimum atomic E-state index is -4.50. The molecule has 1 aliphatic heterocycles. The zero-order valence-corrected chi connectivity index (χ0v) is 14.0. The van der Waals surface area contributed by atoms with Crippen molar-refractivity contribution in [1.29, 1.82) is 0 Å². The van der Waals surface area contributed by atoms with Gasteiger partial charge in [0, 0.05) is 25.5 Å². The largest absolute Gasteiger partial charge is 0.451 e. The van der Waals surface area contributed by atoms with Crippen LogP contribution >= 0.6 is 15.9 Å². The molecular formula is C13H11BrF3N7. The molecule has 0 saturated carbocycles. The van der Waals surface area contributed by atoms with Crippen molar-refractivity contribution in [2.75, 3.05) is 11.4 Å². The number of hydrogen-bond acceptors (Lipinski definition) is 5. The summed E-state index contributed by atoms with van der Waals surface area (Å²) in [7, 11) is 0. The summed E-state index contributed by atoms with van der Waals surface area (Å²) in [5, 5.41) is 6.99. The van der Waals surface area contributed by atoms with Crippen molar-refractivity contribution in [1.82, 2.24) is 29.1 Å². The fraction of sp³-hybridized carbons (Fsp3) is 0.385. The monoisotopic (exact) mass is 401 g/mol. The topological polar surface area (TPSA) is 64.1 Å². The Bertz CT molecular complexity index is 930. The van der Waals surface area contributed by atoms with Gasteiger partial charge in [-0.2, -0.15) is 13.2 Å². The minimum Gasteiger partial charge on any atom is -0.333 e. The molecule has 0 N–H and O–H groups in total. The second kappa shape index (κ2) is 5.16. The van der Waals surface area contributed by atoms with Crippen LogP contribution in [0.15, 0.2) is 17.0 Å². The molecule has 3 aromatic rings. The van der Waals surface area contributed by atoms with Crippen LogP contribution in [0, 0.1) is 6.92 Å². The van der Waals surface area contributed by atoms with Gasteiger partial charge in [0.15, 0.2) is 5.82 Å². The summed E-state index contributed by atoms with van der Waals surface area (Å²) < 4.78 is 42.4. The van der Waals surface area contributed by atoms with Crippen molar-refractivity contribution in [2.45, 2.75) is 26.2 Å². The van der Waals surface area contributed by atoms with E-state index in [4.69, 9.17) is 0 Å². The Kier molecular flexibility index (Phi) is 3.31. The Morgan fingerprint density at radius 3 is 2.75 bits per heavy atom. The van der Waals surface area contributed by atoms with Crippen molar-refractivity contribution in [3.63, 3.8) is 0 Å². The Labute approximate surface area is 142 Å². The number of aryl methyl sites for hydroxylation is 1. The van der Waals surface area contributed by atoms with Crippen LogP contribution in [0.4, 0.5) is 19.1 Å². The number of anilines is 1. The third kappa shape index (κ3) is 2.26. The van der Waals surface area contributed by atoms with Crippen molar-refractivity contribution >= 4 is 27.4 Å². The number of hydrogen-bond donors (Lipinski definition) is 0. The molecule has 7 nitrogen and oxygen atoms in total. The van der Waals surface area contributed by atoms with E-state index in [-0.39, 0.29) is 18.9 Å². The van der Waals surface area contributed by atoms with Gasteiger partial charge in [-0.3, -0.25) is 9.38 Å². The van der Waals surface area contributed by atoms with E-state index in [0.29, 0.717) is 17.1 Å².